The van der Waals surface area contributed by atoms with Gasteiger partial charge in [-0.05, 0) is 30.6 Å². The lowest BCUT2D eigenvalue weighted by atomic mass is 9.75. The van der Waals surface area contributed by atoms with Crippen molar-refractivity contribution < 1.29 is 14.6 Å². The van der Waals surface area contributed by atoms with E-state index in [1.54, 1.807) is 0 Å². The quantitative estimate of drug-likeness (QED) is 0.751. The summed E-state index contributed by atoms with van der Waals surface area (Å²) in [6.45, 7) is 10.3. The molecule has 0 saturated heterocycles. The highest BCUT2D eigenvalue weighted by molar-refractivity contribution is 5.85. The Bertz CT molecular complexity index is 283. The van der Waals surface area contributed by atoms with Gasteiger partial charge in [-0.1, -0.05) is 33.8 Å². The maximum absolute atomic E-state index is 10.7. The minimum absolute atomic E-state index is 0.144. The van der Waals surface area contributed by atoms with E-state index >= 15 is 0 Å². The second kappa shape index (κ2) is 6.20. The zero-order valence-corrected chi connectivity index (χ0v) is 11.1. The van der Waals surface area contributed by atoms with Crippen LogP contribution in [0.1, 0.15) is 40.0 Å². The number of hydrogen-bond acceptors (Lipinski definition) is 2. The molecule has 1 rings (SSSR count). The maximum atomic E-state index is 10.7. The minimum atomic E-state index is -0.963. The predicted molar refractivity (Wildman–Crippen MR) is 67.9 cm³/mol. The molecule has 0 aliphatic heterocycles. The van der Waals surface area contributed by atoms with Gasteiger partial charge in [0, 0.05) is 0 Å². The third kappa shape index (κ3) is 4.15. The molecule has 0 radical (unpaired) electrons. The summed E-state index contributed by atoms with van der Waals surface area (Å²) >= 11 is 0. The molecule has 1 N–H and O–H groups in total. The molecule has 17 heavy (non-hydrogen) atoms. The molecule has 0 aromatic carbocycles. The minimum Gasteiger partial charge on any atom is -0.478 e. The number of ether oxygens (including phenoxy) is 1. The maximum Gasteiger partial charge on any atom is 0.333 e. The highest BCUT2D eigenvalue weighted by atomic mass is 16.5. The van der Waals surface area contributed by atoms with Crippen molar-refractivity contribution in [2.75, 3.05) is 6.61 Å². The number of rotatable bonds is 5. The van der Waals surface area contributed by atoms with Crippen molar-refractivity contribution in [2.45, 2.75) is 46.1 Å². The molecule has 0 spiro atoms. The Kier molecular flexibility index (Phi) is 5.19. The fourth-order valence-corrected chi connectivity index (χ4v) is 2.58. The summed E-state index contributed by atoms with van der Waals surface area (Å²) in [7, 11) is 0. The Hall–Kier alpha value is -0.830. The summed E-state index contributed by atoms with van der Waals surface area (Å²) in [4.78, 5) is 10.7. The van der Waals surface area contributed by atoms with E-state index in [4.69, 9.17) is 9.84 Å². The molecular formula is C14H24O3. The van der Waals surface area contributed by atoms with Crippen molar-refractivity contribution >= 4 is 5.97 Å². The van der Waals surface area contributed by atoms with Gasteiger partial charge in [0.15, 0.2) is 0 Å². The molecule has 0 aromatic rings. The SMILES string of the molecule is C=C(COC1CC(C)CCC1C(C)C)C(=O)O. The van der Waals surface area contributed by atoms with Gasteiger partial charge in [-0.2, -0.15) is 0 Å². The molecule has 0 heterocycles. The molecule has 1 saturated carbocycles. The van der Waals surface area contributed by atoms with Gasteiger partial charge in [0.1, 0.15) is 0 Å². The van der Waals surface area contributed by atoms with Crippen LogP contribution in [-0.2, 0) is 9.53 Å². The van der Waals surface area contributed by atoms with Gasteiger partial charge < -0.3 is 9.84 Å². The van der Waals surface area contributed by atoms with E-state index in [1.807, 2.05) is 0 Å². The van der Waals surface area contributed by atoms with E-state index in [0.717, 1.165) is 6.42 Å². The summed E-state index contributed by atoms with van der Waals surface area (Å²) in [5.74, 6) is 0.849. The summed E-state index contributed by atoms with van der Waals surface area (Å²) < 4.78 is 5.77. The molecule has 1 fully saturated rings. The van der Waals surface area contributed by atoms with E-state index in [1.165, 1.54) is 12.8 Å². The summed E-state index contributed by atoms with van der Waals surface area (Å²) in [5, 5.41) is 8.76. The number of carboxylic acids is 1. The molecule has 3 nitrogen and oxygen atoms in total. The van der Waals surface area contributed by atoms with E-state index in [2.05, 4.69) is 27.4 Å². The first-order valence-electron chi connectivity index (χ1n) is 6.44. The summed E-state index contributed by atoms with van der Waals surface area (Å²) in [5.41, 5.74) is 0.144. The standard InChI is InChI=1S/C14H24O3/c1-9(2)12-6-5-10(3)7-13(12)17-8-11(4)14(15)16/h9-10,12-13H,4-8H2,1-3H3,(H,15,16). The molecule has 98 valence electrons. The average Bonchev–Trinajstić information content (AvgIpc) is 2.25. The molecule has 3 atom stereocenters. The lowest BCUT2D eigenvalue weighted by Crippen LogP contribution is -2.35. The molecule has 3 unspecified atom stereocenters. The number of carbonyl (C=O) groups is 1. The molecule has 3 heteroatoms. The Morgan fingerprint density at radius 2 is 2.12 bits per heavy atom. The molecule has 0 aromatic heterocycles. The second-order valence-electron chi connectivity index (χ2n) is 5.58. The van der Waals surface area contributed by atoms with Crippen LogP contribution in [0.15, 0.2) is 12.2 Å². The van der Waals surface area contributed by atoms with E-state index in [0.29, 0.717) is 17.8 Å². The Labute approximate surface area is 104 Å². The first-order chi connectivity index (χ1) is 7.91. The first-order valence-corrected chi connectivity index (χ1v) is 6.44. The van der Waals surface area contributed by atoms with Crippen LogP contribution in [0.4, 0.5) is 0 Å². The van der Waals surface area contributed by atoms with Crippen LogP contribution in [0.5, 0.6) is 0 Å². The van der Waals surface area contributed by atoms with Crippen LogP contribution >= 0.6 is 0 Å². The van der Waals surface area contributed by atoms with Crippen molar-refractivity contribution in [3.8, 4) is 0 Å². The van der Waals surface area contributed by atoms with E-state index < -0.39 is 5.97 Å². The largest absolute Gasteiger partial charge is 0.478 e. The molecular weight excluding hydrogens is 216 g/mol. The van der Waals surface area contributed by atoms with Gasteiger partial charge in [0.2, 0.25) is 0 Å². The van der Waals surface area contributed by atoms with Crippen molar-refractivity contribution in [1.29, 1.82) is 0 Å². The lowest BCUT2D eigenvalue weighted by Gasteiger charge is -2.37. The van der Waals surface area contributed by atoms with Gasteiger partial charge in [-0.3, -0.25) is 0 Å². The first kappa shape index (κ1) is 14.2. The van der Waals surface area contributed by atoms with Crippen LogP contribution in [0.25, 0.3) is 0 Å². The average molecular weight is 240 g/mol. The van der Waals surface area contributed by atoms with Crippen LogP contribution < -0.4 is 0 Å². The van der Waals surface area contributed by atoms with Gasteiger partial charge in [-0.15, -0.1) is 0 Å². The van der Waals surface area contributed by atoms with Gasteiger partial charge in [-0.25, -0.2) is 4.79 Å². The molecule has 1 aliphatic carbocycles. The second-order valence-corrected chi connectivity index (χ2v) is 5.58. The summed E-state index contributed by atoms with van der Waals surface area (Å²) in [6, 6.07) is 0. The van der Waals surface area contributed by atoms with Crippen molar-refractivity contribution in [3.05, 3.63) is 12.2 Å². The topological polar surface area (TPSA) is 46.5 Å². The van der Waals surface area contributed by atoms with Crippen LogP contribution in [-0.4, -0.2) is 23.8 Å². The zero-order chi connectivity index (χ0) is 13.0. The Morgan fingerprint density at radius 3 is 2.65 bits per heavy atom. The predicted octanol–water partition coefficient (Wildman–Crippen LogP) is 3.10. The third-order valence-electron chi connectivity index (χ3n) is 3.74. The van der Waals surface area contributed by atoms with Crippen LogP contribution in [0, 0.1) is 17.8 Å². The fourth-order valence-electron chi connectivity index (χ4n) is 2.58. The van der Waals surface area contributed by atoms with Gasteiger partial charge in [0.05, 0.1) is 18.3 Å². The zero-order valence-electron chi connectivity index (χ0n) is 11.1. The van der Waals surface area contributed by atoms with Crippen molar-refractivity contribution in [3.63, 3.8) is 0 Å². The smallest absolute Gasteiger partial charge is 0.333 e. The molecule has 0 amide bonds. The van der Waals surface area contributed by atoms with E-state index in [-0.39, 0.29) is 18.3 Å². The molecule has 0 bridgehead atoms. The van der Waals surface area contributed by atoms with Gasteiger partial charge in [0.25, 0.3) is 0 Å². The normalized spacial score (nSPS) is 29.3. The highest BCUT2D eigenvalue weighted by Crippen LogP contribution is 2.35. The Balaban J connectivity index is 2.52. The third-order valence-corrected chi connectivity index (χ3v) is 3.74. The van der Waals surface area contributed by atoms with Crippen molar-refractivity contribution in [1.82, 2.24) is 0 Å². The molecule has 1 aliphatic rings. The Morgan fingerprint density at radius 1 is 1.47 bits per heavy atom. The fraction of sp³-hybridized carbons (Fsp3) is 0.786. The lowest BCUT2D eigenvalue weighted by molar-refractivity contribution is -0.133. The van der Waals surface area contributed by atoms with E-state index in [9.17, 15) is 4.79 Å². The van der Waals surface area contributed by atoms with Crippen LogP contribution in [0.2, 0.25) is 0 Å². The van der Waals surface area contributed by atoms with Crippen molar-refractivity contribution in [2.24, 2.45) is 17.8 Å². The van der Waals surface area contributed by atoms with Gasteiger partial charge >= 0.3 is 5.97 Å². The highest BCUT2D eigenvalue weighted by Gasteiger charge is 2.31. The number of aliphatic carboxylic acids is 1. The monoisotopic (exact) mass is 240 g/mol. The summed E-state index contributed by atoms with van der Waals surface area (Å²) in [6.07, 6.45) is 3.66. The van der Waals surface area contributed by atoms with Crippen LogP contribution in [0.3, 0.4) is 0 Å². The number of carboxylic acid groups (broad SMARTS) is 1. The number of hydrogen-bond donors (Lipinski definition) is 1.